The fraction of sp³-hybridized carbons (Fsp3) is 0.211. The number of aromatic nitrogens is 3. The lowest BCUT2D eigenvalue weighted by Gasteiger charge is -2.09. The summed E-state index contributed by atoms with van der Waals surface area (Å²) in [5.74, 6) is 0.950. The summed E-state index contributed by atoms with van der Waals surface area (Å²) in [5, 5.41) is 12.1. The van der Waals surface area contributed by atoms with Gasteiger partial charge in [0.25, 0.3) is 0 Å². The van der Waals surface area contributed by atoms with Crippen molar-refractivity contribution in [3.63, 3.8) is 0 Å². The Morgan fingerprint density at radius 3 is 2.93 bits per heavy atom. The van der Waals surface area contributed by atoms with E-state index < -0.39 is 0 Å². The maximum Gasteiger partial charge on any atom is 0.230 e. The highest BCUT2D eigenvalue weighted by Gasteiger charge is 2.10. The van der Waals surface area contributed by atoms with Crippen LogP contribution >= 0.6 is 23.4 Å². The number of benzene rings is 2. The number of aryl methyl sites for hydroxylation is 1. The predicted molar refractivity (Wildman–Crippen MR) is 107 cm³/mol. The Hall–Kier alpha value is -2.51. The molecule has 1 aromatic heterocycles. The van der Waals surface area contributed by atoms with Crippen LogP contribution < -0.4 is 10.1 Å². The molecule has 27 heavy (non-hydrogen) atoms. The van der Waals surface area contributed by atoms with Crippen LogP contribution in [0.5, 0.6) is 5.75 Å². The van der Waals surface area contributed by atoms with Gasteiger partial charge in [-0.25, -0.2) is 0 Å². The lowest BCUT2D eigenvalue weighted by molar-refractivity contribution is -0.118. The first-order chi connectivity index (χ1) is 13.1. The SMILES string of the molecule is Cc1cccc(OCCNC(=O)CSc2nncn2-c2cccc(Cl)c2)c1. The normalized spacial score (nSPS) is 10.6. The third kappa shape index (κ3) is 5.74. The predicted octanol–water partition coefficient (Wildman–Crippen LogP) is 3.52. The molecule has 8 heteroatoms. The molecule has 1 amide bonds. The maximum atomic E-state index is 12.0. The molecule has 0 atom stereocenters. The topological polar surface area (TPSA) is 69.0 Å². The van der Waals surface area contributed by atoms with Gasteiger partial charge in [-0.2, -0.15) is 0 Å². The number of thioether (sulfide) groups is 1. The molecule has 0 bridgehead atoms. The van der Waals surface area contributed by atoms with Crippen molar-refractivity contribution in [2.75, 3.05) is 18.9 Å². The van der Waals surface area contributed by atoms with Crippen LogP contribution in [0.3, 0.4) is 0 Å². The molecule has 0 radical (unpaired) electrons. The zero-order valence-electron chi connectivity index (χ0n) is 14.8. The first kappa shape index (κ1) is 19.3. The highest BCUT2D eigenvalue weighted by molar-refractivity contribution is 7.99. The Bertz CT molecular complexity index is 916. The van der Waals surface area contributed by atoms with Crippen molar-refractivity contribution in [3.05, 3.63) is 65.4 Å². The van der Waals surface area contributed by atoms with Crippen LogP contribution in [0.15, 0.2) is 60.0 Å². The molecule has 1 heterocycles. The van der Waals surface area contributed by atoms with Crippen LogP contribution in [0, 0.1) is 6.92 Å². The number of hydrogen-bond donors (Lipinski definition) is 1. The fourth-order valence-electron chi connectivity index (χ4n) is 2.37. The standard InChI is InChI=1S/C19H19ClN4O2S/c1-14-4-2-7-17(10-14)26-9-8-21-18(25)12-27-19-23-22-13-24(19)16-6-3-5-15(20)11-16/h2-7,10-11,13H,8-9,12H2,1H3,(H,21,25). The van der Waals surface area contributed by atoms with Gasteiger partial charge in [0.2, 0.25) is 5.91 Å². The van der Waals surface area contributed by atoms with E-state index in [0.717, 1.165) is 17.0 Å². The van der Waals surface area contributed by atoms with Gasteiger partial charge in [-0.3, -0.25) is 9.36 Å². The lowest BCUT2D eigenvalue weighted by atomic mass is 10.2. The summed E-state index contributed by atoms with van der Waals surface area (Å²) in [4.78, 5) is 12.0. The minimum atomic E-state index is -0.0894. The number of nitrogens with zero attached hydrogens (tertiary/aromatic N) is 3. The van der Waals surface area contributed by atoms with E-state index in [2.05, 4.69) is 15.5 Å². The molecule has 0 aliphatic rings. The van der Waals surface area contributed by atoms with Crippen LogP contribution in [0.2, 0.25) is 5.02 Å². The van der Waals surface area contributed by atoms with Crippen molar-refractivity contribution in [2.45, 2.75) is 12.1 Å². The molecule has 0 spiro atoms. The van der Waals surface area contributed by atoms with Crippen molar-refractivity contribution < 1.29 is 9.53 Å². The summed E-state index contributed by atoms with van der Waals surface area (Å²) < 4.78 is 7.41. The number of hydrogen-bond acceptors (Lipinski definition) is 5. The smallest absolute Gasteiger partial charge is 0.230 e. The quantitative estimate of drug-likeness (QED) is 0.461. The van der Waals surface area contributed by atoms with Gasteiger partial charge in [-0.05, 0) is 42.8 Å². The van der Waals surface area contributed by atoms with Gasteiger partial charge in [0.1, 0.15) is 18.7 Å². The molecule has 0 aliphatic carbocycles. The van der Waals surface area contributed by atoms with E-state index in [0.29, 0.717) is 23.3 Å². The molecule has 0 unspecified atom stereocenters. The number of amides is 1. The van der Waals surface area contributed by atoms with E-state index in [1.54, 1.807) is 17.0 Å². The minimum Gasteiger partial charge on any atom is -0.492 e. The van der Waals surface area contributed by atoms with Crippen LogP contribution in [-0.2, 0) is 4.79 Å². The molecule has 0 saturated carbocycles. The Morgan fingerprint density at radius 2 is 2.11 bits per heavy atom. The van der Waals surface area contributed by atoms with E-state index in [-0.39, 0.29) is 11.7 Å². The van der Waals surface area contributed by atoms with Gasteiger partial charge in [0, 0.05) is 5.02 Å². The highest BCUT2D eigenvalue weighted by atomic mass is 35.5. The number of rotatable bonds is 8. The minimum absolute atomic E-state index is 0.0894. The van der Waals surface area contributed by atoms with Crippen molar-refractivity contribution in [2.24, 2.45) is 0 Å². The second-order valence-corrected chi connectivity index (χ2v) is 7.15. The van der Waals surface area contributed by atoms with Gasteiger partial charge in [-0.1, -0.05) is 41.6 Å². The van der Waals surface area contributed by atoms with Crippen molar-refractivity contribution in [1.29, 1.82) is 0 Å². The first-order valence-electron chi connectivity index (χ1n) is 8.37. The fourth-order valence-corrected chi connectivity index (χ4v) is 3.31. The molecule has 0 aliphatic heterocycles. The Labute approximate surface area is 166 Å². The van der Waals surface area contributed by atoms with Gasteiger partial charge in [-0.15, -0.1) is 10.2 Å². The van der Waals surface area contributed by atoms with Crippen molar-refractivity contribution in [1.82, 2.24) is 20.1 Å². The van der Waals surface area contributed by atoms with Crippen molar-refractivity contribution in [3.8, 4) is 11.4 Å². The largest absolute Gasteiger partial charge is 0.492 e. The van der Waals surface area contributed by atoms with E-state index in [4.69, 9.17) is 16.3 Å². The number of ether oxygens (including phenoxy) is 1. The summed E-state index contributed by atoms with van der Waals surface area (Å²) in [7, 11) is 0. The molecular weight excluding hydrogens is 384 g/mol. The Balaban J connectivity index is 1.44. The maximum absolute atomic E-state index is 12.0. The van der Waals surface area contributed by atoms with E-state index in [1.165, 1.54) is 11.8 Å². The van der Waals surface area contributed by atoms with E-state index in [9.17, 15) is 4.79 Å². The summed E-state index contributed by atoms with van der Waals surface area (Å²) in [6, 6.07) is 15.2. The molecular formula is C19H19ClN4O2S. The first-order valence-corrected chi connectivity index (χ1v) is 9.73. The number of carbonyl (C=O) groups excluding carboxylic acids is 1. The highest BCUT2D eigenvalue weighted by Crippen LogP contribution is 2.21. The average Bonchev–Trinajstić information content (AvgIpc) is 3.12. The number of carbonyl (C=O) groups is 1. The number of nitrogens with one attached hydrogen (secondary N) is 1. The molecule has 0 fully saturated rings. The van der Waals surface area contributed by atoms with Crippen molar-refractivity contribution >= 4 is 29.3 Å². The Morgan fingerprint density at radius 1 is 1.26 bits per heavy atom. The number of halogens is 1. The van der Waals surface area contributed by atoms with E-state index in [1.807, 2.05) is 49.4 Å². The molecule has 2 aromatic carbocycles. The van der Waals surface area contributed by atoms with Gasteiger partial charge < -0.3 is 10.1 Å². The molecule has 0 saturated heterocycles. The third-order valence-electron chi connectivity index (χ3n) is 3.62. The van der Waals surface area contributed by atoms with Crippen LogP contribution in [0.25, 0.3) is 5.69 Å². The van der Waals surface area contributed by atoms with Gasteiger partial charge >= 0.3 is 0 Å². The van der Waals surface area contributed by atoms with Crippen LogP contribution in [0.4, 0.5) is 0 Å². The lowest BCUT2D eigenvalue weighted by Crippen LogP contribution is -2.29. The third-order valence-corrected chi connectivity index (χ3v) is 4.80. The molecule has 140 valence electrons. The summed E-state index contributed by atoms with van der Waals surface area (Å²) in [6.07, 6.45) is 1.60. The van der Waals surface area contributed by atoms with Crippen LogP contribution in [0.1, 0.15) is 5.56 Å². The second kappa shape index (κ2) is 9.43. The monoisotopic (exact) mass is 402 g/mol. The Kier molecular flexibility index (Phi) is 6.73. The summed E-state index contributed by atoms with van der Waals surface area (Å²) in [5.41, 5.74) is 1.98. The van der Waals surface area contributed by atoms with Crippen LogP contribution in [-0.4, -0.2) is 39.6 Å². The van der Waals surface area contributed by atoms with Gasteiger partial charge in [0.05, 0.1) is 18.0 Å². The molecule has 3 rings (SSSR count). The van der Waals surface area contributed by atoms with Gasteiger partial charge in [0.15, 0.2) is 5.16 Å². The average molecular weight is 403 g/mol. The second-order valence-electron chi connectivity index (χ2n) is 5.77. The summed E-state index contributed by atoms with van der Waals surface area (Å²) >= 11 is 7.34. The molecule has 6 nitrogen and oxygen atoms in total. The van der Waals surface area contributed by atoms with E-state index >= 15 is 0 Å². The molecule has 1 N–H and O–H groups in total. The zero-order valence-corrected chi connectivity index (χ0v) is 16.3. The summed E-state index contributed by atoms with van der Waals surface area (Å²) in [6.45, 7) is 2.86. The zero-order chi connectivity index (χ0) is 19.1. The molecule has 3 aromatic rings.